The predicted molar refractivity (Wildman–Crippen MR) is 128 cm³/mol. The lowest BCUT2D eigenvalue weighted by Crippen LogP contribution is -2.49. The monoisotopic (exact) mass is 502 g/mol. The Hall–Kier alpha value is -3.60. The summed E-state index contributed by atoms with van der Waals surface area (Å²) in [7, 11) is 4.39. The molecule has 2 aromatic rings. The van der Waals surface area contributed by atoms with Crippen LogP contribution in [0.15, 0.2) is 42.0 Å². The number of ether oxygens (including phenoxy) is 7. The van der Waals surface area contributed by atoms with Crippen molar-refractivity contribution in [1.82, 2.24) is 0 Å². The number of carbonyl (C=O) groups excluding carboxylic acids is 2. The first-order valence-corrected chi connectivity index (χ1v) is 11.1. The Morgan fingerprint density at radius 2 is 1.56 bits per heavy atom. The van der Waals surface area contributed by atoms with E-state index in [1.54, 1.807) is 24.3 Å². The van der Waals surface area contributed by atoms with E-state index in [0.29, 0.717) is 5.75 Å². The molecule has 3 rings (SSSR count). The summed E-state index contributed by atoms with van der Waals surface area (Å²) in [5.41, 5.74) is -0.842. The van der Waals surface area contributed by atoms with E-state index in [4.69, 9.17) is 33.2 Å². The number of aromatic hydroxyl groups is 1. The molecular weight excluding hydrogens is 472 g/mol. The number of Topliss-reactive ketones (excluding diaryl/α,β-unsaturated/α-hetero) is 2. The lowest BCUT2D eigenvalue weighted by Gasteiger charge is -2.37. The van der Waals surface area contributed by atoms with E-state index in [1.807, 2.05) is 13.8 Å². The van der Waals surface area contributed by atoms with Crippen LogP contribution in [-0.4, -0.2) is 58.4 Å². The van der Waals surface area contributed by atoms with Gasteiger partial charge >= 0.3 is 0 Å². The SMILES string of the molecule is COCOc1ccc(C2(CC=C(C)C)Oc3cc(OCOC)cc(O)c3C(=O)C2=O)c(OCOC)c1. The van der Waals surface area contributed by atoms with Crippen LogP contribution in [0.1, 0.15) is 36.2 Å². The highest BCUT2D eigenvalue weighted by atomic mass is 16.7. The Morgan fingerprint density at radius 1 is 0.917 bits per heavy atom. The quantitative estimate of drug-likeness (QED) is 0.261. The molecule has 194 valence electrons. The summed E-state index contributed by atoms with van der Waals surface area (Å²) in [6.07, 6.45) is 1.81. The summed E-state index contributed by atoms with van der Waals surface area (Å²) < 4.78 is 37.9. The molecule has 0 fully saturated rings. The van der Waals surface area contributed by atoms with E-state index >= 15 is 0 Å². The number of hydrogen-bond donors (Lipinski definition) is 1. The van der Waals surface area contributed by atoms with Crippen molar-refractivity contribution in [3.05, 3.63) is 53.1 Å². The fourth-order valence-electron chi connectivity index (χ4n) is 3.69. The largest absolute Gasteiger partial charge is 0.507 e. The van der Waals surface area contributed by atoms with Crippen LogP contribution < -0.4 is 18.9 Å². The van der Waals surface area contributed by atoms with E-state index in [2.05, 4.69) is 0 Å². The third-order valence-corrected chi connectivity index (χ3v) is 5.34. The molecule has 1 aliphatic rings. The third-order valence-electron chi connectivity index (χ3n) is 5.34. The Kier molecular flexibility index (Phi) is 8.92. The van der Waals surface area contributed by atoms with Gasteiger partial charge in [0.25, 0.3) is 5.78 Å². The molecular formula is C26H30O10. The van der Waals surface area contributed by atoms with Crippen molar-refractivity contribution in [1.29, 1.82) is 0 Å². The van der Waals surface area contributed by atoms with Crippen LogP contribution >= 0.6 is 0 Å². The first kappa shape index (κ1) is 27.0. The molecule has 0 bridgehead atoms. The average Bonchev–Trinajstić information content (AvgIpc) is 2.86. The predicted octanol–water partition coefficient (Wildman–Crippen LogP) is 3.74. The van der Waals surface area contributed by atoms with E-state index in [9.17, 15) is 14.7 Å². The minimum atomic E-state index is -1.80. The van der Waals surface area contributed by atoms with Crippen molar-refractivity contribution < 1.29 is 47.9 Å². The molecule has 36 heavy (non-hydrogen) atoms. The maximum atomic E-state index is 13.7. The highest BCUT2D eigenvalue weighted by Crippen LogP contribution is 2.47. The van der Waals surface area contributed by atoms with Gasteiger partial charge in [-0.2, -0.15) is 0 Å². The zero-order valence-electron chi connectivity index (χ0n) is 20.9. The van der Waals surface area contributed by atoms with Crippen molar-refractivity contribution >= 4 is 11.6 Å². The molecule has 1 unspecified atom stereocenters. The molecule has 1 aliphatic heterocycles. The average molecular weight is 503 g/mol. The number of hydrogen-bond acceptors (Lipinski definition) is 10. The van der Waals surface area contributed by atoms with Crippen LogP contribution in [-0.2, 0) is 24.6 Å². The summed E-state index contributed by atoms with van der Waals surface area (Å²) in [4.78, 5) is 27.1. The standard InChI is InChI=1S/C26H30O10/c1-16(2)8-9-26(19-7-6-17(33-13-30-3)11-21(19)35-15-32-5)25(29)24(28)23-20(27)10-18(34-14-31-4)12-22(23)36-26/h6-8,10-12,27H,9,13-15H2,1-5H3. The number of fused-ring (bicyclic) bond motifs is 1. The normalized spacial score (nSPS) is 16.7. The first-order valence-electron chi connectivity index (χ1n) is 11.1. The second kappa shape index (κ2) is 11.9. The highest BCUT2D eigenvalue weighted by Gasteiger charge is 2.52. The van der Waals surface area contributed by atoms with Crippen molar-refractivity contribution in [2.45, 2.75) is 25.9 Å². The van der Waals surface area contributed by atoms with Crippen LogP contribution in [0.2, 0.25) is 0 Å². The first-order chi connectivity index (χ1) is 17.3. The fourth-order valence-corrected chi connectivity index (χ4v) is 3.69. The number of phenols is 1. The fraction of sp³-hybridized carbons (Fsp3) is 0.385. The lowest BCUT2D eigenvalue weighted by molar-refractivity contribution is -0.132. The molecule has 0 amide bonds. The highest BCUT2D eigenvalue weighted by molar-refractivity contribution is 6.48. The van der Waals surface area contributed by atoms with Crippen molar-refractivity contribution in [3.8, 4) is 28.7 Å². The van der Waals surface area contributed by atoms with Crippen LogP contribution in [0, 0.1) is 0 Å². The van der Waals surface area contributed by atoms with E-state index < -0.39 is 22.9 Å². The molecule has 1 atom stereocenters. The Balaban J connectivity index is 2.21. The minimum Gasteiger partial charge on any atom is -0.507 e. The van der Waals surface area contributed by atoms with Gasteiger partial charge in [-0.15, -0.1) is 0 Å². The van der Waals surface area contributed by atoms with Gasteiger partial charge in [0.15, 0.2) is 20.4 Å². The number of benzene rings is 2. The summed E-state index contributed by atoms with van der Waals surface area (Å²) in [5, 5.41) is 10.5. The second-order valence-corrected chi connectivity index (χ2v) is 8.20. The summed E-state index contributed by atoms with van der Waals surface area (Å²) in [6, 6.07) is 7.43. The number of carbonyl (C=O) groups is 2. The van der Waals surface area contributed by atoms with Crippen LogP contribution in [0.5, 0.6) is 28.7 Å². The molecule has 1 heterocycles. The molecule has 1 N–H and O–H groups in total. The number of rotatable bonds is 12. The summed E-state index contributed by atoms with van der Waals surface area (Å²) in [5.74, 6) is -1.38. The van der Waals surface area contributed by atoms with Gasteiger partial charge in [-0.3, -0.25) is 9.59 Å². The molecule has 10 heteroatoms. The number of allylic oxidation sites excluding steroid dienone is 1. The summed E-state index contributed by atoms with van der Waals surface area (Å²) in [6.45, 7) is 3.50. The van der Waals surface area contributed by atoms with Crippen molar-refractivity contribution in [3.63, 3.8) is 0 Å². The van der Waals surface area contributed by atoms with E-state index in [0.717, 1.165) is 5.57 Å². The zero-order chi connectivity index (χ0) is 26.3. The van der Waals surface area contributed by atoms with Gasteiger partial charge in [0, 0.05) is 51.5 Å². The molecule has 0 saturated heterocycles. The Labute approximate surface area is 209 Å². The van der Waals surface area contributed by atoms with E-state index in [1.165, 1.54) is 33.5 Å². The third kappa shape index (κ3) is 5.62. The van der Waals surface area contributed by atoms with Gasteiger partial charge in [-0.25, -0.2) is 0 Å². The Bertz CT molecular complexity index is 1140. The van der Waals surface area contributed by atoms with Gasteiger partial charge < -0.3 is 38.3 Å². The summed E-state index contributed by atoms with van der Waals surface area (Å²) >= 11 is 0. The molecule has 0 radical (unpaired) electrons. The molecule has 0 spiro atoms. The molecule has 0 saturated carbocycles. The van der Waals surface area contributed by atoms with Crippen molar-refractivity contribution in [2.75, 3.05) is 41.7 Å². The molecule has 10 nitrogen and oxygen atoms in total. The van der Waals surface area contributed by atoms with E-state index in [-0.39, 0.29) is 55.2 Å². The number of phenolic OH excluding ortho intramolecular Hbond substituents is 1. The lowest BCUT2D eigenvalue weighted by atomic mass is 9.79. The van der Waals surface area contributed by atoms with Gasteiger partial charge in [-0.1, -0.05) is 11.6 Å². The van der Waals surface area contributed by atoms with Crippen LogP contribution in [0.3, 0.4) is 0 Å². The van der Waals surface area contributed by atoms with Gasteiger partial charge in [0.05, 0.1) is 0 Å². The van der Waals surface area contributed by atoms with Crippen LogP contribution in [0.25, 0.3) is 0 Å². The second-order valence-electron chi connectivity index (χ2n) is 8.20. The molecule has 0 aliphatic carbocycles. The maximum Gasteiger partial charge on any atom is 0.252 e. The maximum absolute atomic E-state index is 13.7. The van der Waals surface area contributed by atoms with Gasteiger partial charge in [0.1, 0.15) is 34.3 Å². The molecule has 2 aromatic carbocycles. The smallest absolute Gasteiger partial charge is 0.252 e. The number of methoxy groups -OCH3 is 3. The minimum absolute atomic E-state index is 0.00318. The Morgan fingerprint density at radius 3 is 2.19 bits per heavy atom. The molecule has 0 aromatic heterocycles. The van der Waals surface area contributed by atoms with Gasteiger partial charge in [0.2, 0.25) is 11.4 Å². The van der Waals surface area contributed by atoms with Gasteiger partial charge in [-0.05, 0) is 26.0 Å². The number of ketones is 2. The van der Waals surface area contributed by atoms with Crippen molar-refractivity contribution in [2.24, 2.45) is 0 Å². The zero-order valence-corrected chi connectivity index (χ0v) is 20.9. The topological polar surface area (TPSA) is 119 Å². The van der Waals surface area contributed by atoms with Crippen LogP contribution in [0.4, 0.5) is 0 Å².